The molecule has 1 N–H and O–H groups in total. The molecule has 2 rings (SSSR count). The number of nitrogens with one attached hydrogen (secondary N) is 1. The lowest BCUT2D eigenvalue weighted by molar-refractivity contribution is -0.123. The number of hydrogen-bond acceptors (Lipinski definition) is 4. The average Bonchev–Trinajstić information content (AvgIpc) is 2.95. The molecule has 0 spiro atoms. The summed E-state index contributed by atoms with van der Waals surface area (Å²) < 4.78 is 27.4. The zero-order valence-electron chi connectivity index (χ0n) is 12.5. The average molecular weight is 407 g/mol. The zero-order valence-corrected chi connectivity index (χ0v) is 15.7. The van der Waals surface area contributed by atoms with Crippen LogP contribution in [0.3, 0.4) is 0 Å². The molecule has 5 nitrogen and oxygen atoms in total. The van der Waals surface area contributed by atoms with Crippen LogP contribution < -0.4 is 5.32 Å². The largest absolute Gasteiger partial charge is 0.354 e. The summed E-state index contributed by atoms with van der Waals surface area (Å²) in [6, 6.07) is 6.01. The summed E-state index contributed by atoms with van der Waals surface area (Å²) in [5.41, 5.74) is 0. The van der Waals surface area contributed by atoms with E-state index in [-0.39, 0.29) is 10.8 Å². The monoisotopic (exact) mass is 406 g/mol. The van der Waals surface area contributed by atoms with Gasteiger partial charge in [0.2, 0.25) is 15.9 Å². The third kappa shape index (κ3) is 3.84. The van der Waals surface area contributed by atoms with Crippen molar-refractivity contribution in [3.05, 3.63) is 28.7 Å². The Hall–Kier alpha value is -0.570. The molecule has 0 bridgehead atoms. The van der Waals surface area contributed by atoms with Crippen LogP contribution in [0.25, 0.3) is 0 Å². The summed E-state index contributed by atoms with van der Waals surface area (Å²) in [4.78, 5) is 12.5. The normalized spacial score (nSPS) is 19.5. The predicted molar refractivity (Wildman–Crippen MR) is 92.1 cm³/mol. The van der Waals surface area contributed by atoms with E-state index in [2.05, 4.69) is 21.2 Å². The number of amides is 1. The first-order chi connectivity index (χ1) is 10.3. The molecule has 1 unspecified atom stereocenters. The van der Waals surface area contributed by atoms with Gasteiger partial charge in [0.25, 0.3) is 0 Å². The molecule has 1 heterocycles. The zero-order chi connectivity index (χ0) is 16.3. The molecule has 8 heteroatoms. The Labute approximate surface area is 144 Å². The van der Waals surface area contributed by atoms with E-state index in [1.165, 1.54) is 16.1 Å². The van der Waals surface area contributed by atoms with Crippen molar-refractivity contribution in [2.24, 2.45) is 5.92 Å². The summed E-state index contributed by atoms with van der Waals surface area (Å²) >= 11 is 4.72. The summed E-state index contributed by atoms with van der Waals surface area (Å²) in [5.74, 6) is 0.873. The lowest BCUT2D eigenvalue weighted by Gasteiger charge is -2.23. The highest BCUT2D eigenvalue weighted by molar-refractivity contribution is 9.10. The number of sulfonamides is 1. The van der Waals surface area contributed by atoms with Crippen LogP contribution in [-0.2, 0) is 14.8 Å². The molecule has 22 heavy (non-hydrogen) atoms. The van der Waals surface area contributed by atoms with E-state index in [1.807, 2.05) is 13.8 Å². The fourth-order valence-corrected chi connectivity index (χ4v) is 6.19. The fraction of sp³-hybridized carbons (Fsp3) is 0.500. The number of halogens is 1. The van der Waals surface area contributed by atoms with Gasteiger partial charge in [0.1, 0.15) is 6.04 Å². The van der Waals surface area contributed by atoms with Gasteiger partial charge in [0.05, 0.1) is 10.8 Å². The number of carbonyl (C=O) groups is 1. The highest BCUT2D eigenvalue weighted by Gasteiger charge is 2.40. The highest BCUT2D eigenvalue weighted by atomic mass is 79.9. The Morgan fingerprint density at radius 3 is 2.77 bits per heavy atom. The van der Waals surface area contributed by atoms with E-state index in [4.69, 9.17) is 0 Å². The van der Waals surface area contributed by atoms with E-state index < -0.39 is 16.1 Å². The van der Waals surface area contributed by atoms with Crippen LogP contribution in [0.5, 0.6) is 0 Å². The van der Waals surface area contributed by atoms with Crippen LogP contribution in [0.1, 0.15) is 13.8 Å². The summed E-state index contributed by atoms with van der Waals surface area (Å²) in [7, 11) is -3.70. The third-order valence-corrected chi connectivity index (χ3v) is 7.29. The van der Waals surface area contributed by atoms with Crippen molar-refractivity contribution >= 4 is 43.6 Å². The molecule has 1 aliphatic heterocycles. The van der Waals surface area contributed by atoms with Crippen LogP contribution >= 0.6 is 27.7 Å². The van der Waals surface area contributed by atoms with Crippen molar-refractivity contribution in [3.8, 4) is 0 Å². The molecule has 1 aromatic carbocycles. The Bertz CT molecular complexity index is 649. The second-order valence-electron chi connectivity index (χ2n) is 5.48. The second-order valence-corrected chi connectivity index (χ2v) is 9.19. The molecule has 0 saturated carbocycles. The first-order valence-corrected chi connectivity index (χ1v) is 10.3. The van der Waals surface area contributed by atoms with E-state index in [9.17, 15) is 13.2 Å². The molecule has 1 saturated heterocycles. The lowest BCUT2D eigenvalue weighted by atomic mass is 10.2. The summed E-state index contributed by atoms with van der Waals surface area (Å²) in [5, 5.41) is 2.82. The van der Waals surface area contributed by atoms with Gasteiger partial charge in [-0.05, 0) is 34.0 Å². The Balaban J connectivity index is 2.23. The molecule has 1 aromatic rings. The van der Waals surface area contributed by atoms with Gasteiger partial charge in [-0.25, -0.2) is 8.42 Å². The Morgan fingerprint density at radius 2 is 2.14 bits per heavy atom. The van der Waals surface area contributed by atoms with Crippen molar-refractivity contribution in [3.63, 3.8) is 0 Å². The van der Waals surface area contributed by atoms with Crippen molar-refractivity contribution in [1.82, 2.24) is 9.62 Å². The van der Waals surface area contributed by atoms with Crippen molar-refractivity contribution in [2.75, 3.05) is 18.2 Å². The van der Waals surface area contributed by atoms with Crippen LogP contribution in [0.15, 0.2) is 33.6 Å². The van der Waals surface area contributed by atoms with Crippen LogP contribution in [-0.4, -0.2) is 42.8 Å². The number of carbonyl (C=O) groups excluding carboxylic acids is 1. The predicted octanol–water partition coefficient (Wildman–Crippen LogP) is 2.28. The van der Waals surface area contributed by atoms with Gasteiger partial charge in [0, 0.05) is 16.8 Å². The maximum atomic E-state index is 12.8. The molecule has 1 atom stereocenters. The minimum absolute atomic E-state index is 0.194. The SMILES string of the molecule is CC(C)CNC(=O)C1CSCN1S(=O)(=O)c1ccccc1Br. The maximum absolute atomic E-state index is 12.8. The molecule has 1 fully saturated rings. The first-order valence-electron chi connectivity index (χ1n) is 6.96. The quantitative estimate of drug-likeness (QED) is 0.814. The van der Waals surface area contributed by atoms with Crippen molar-refractivity contribution in [2.45, 2.75) is 24.8 Å². The first kappa shape index (κ1) is 17.8. The van der Waals surface area contributed by atoms with E-state index in [0.29, 0.717) is 28.6 Å². The van der Waals surface area contributed by atoms with Crippen LogP contribution in [0.4, 0.5) is 0 Å². The topological polar surface area (TPSA) is 66.5 Å². The molecule has 1 aliphatic rings. The number of benzene rings is 1. The third-order valence-electron chi connectivity index (χ3n) is 3.25. The number of nitrogens with zero attached hydrogens (tertiary/aromatic N) is 1. The minimum atomic E-state index is -3.70. The summed E-state index contributed by atoms with van der Waals surface area (Å²) in [6.45, 7) is 4.54. The highest BCUT2D eigenvalue weighted by Crippen LogP contribution is 2.31. The number of rotatable bonds is 5. The smallest absolute Gasteiger partial charge is 0.245 e. The molecule has 1 amide bonds. The molecular formula is C14H19BrN2O3S2. The van der Waals surface area contributed by atoms with Crippen molar-refractivity contribution in [1.29, 1.82) is 0 Å². The van der Waals surface area contributed by atoms with Crippen LogP contribution in [0, 0.1) is 5.92 Å². The van der Waals surface area contributed by atoms with Gasteiger partial charge >= 0.3 is 0 Å². The standard InChI is InChI=1S/C14H19BrN2O3S2/c1-10(2)7-16-14(18)12-8-21-9-17(12)22(19,20)13-6-4-3-5-11(13)15/h3-6,10,12H,7-9H2,1-2H3,(H,16,18). The Morgan fingerprint density at radius 1 is 1.45 bits per heavy atom. The Kier molecular flexibility index (Phi) is 5.93. The van der Waals surface area contributed by atoms with Gasteiger partial charge in [-0.2, -0.15) is 4.31 Å². The van der Waals surface area contributed by atoms with Gasteiger partial charge in [-0.3, -0.25) is 4.79 Å². The number of hydrogen-bond donors (Lipinski definition) is 1. The molecule has 122 valence electrons. The molecular weight excluding hydrogens is 388 g/mol. The van der Waals surface area contributed by atoms with Gasteiger partial charge in [0.15, 0.2) is 0 Å². The molecule has 0 aromatic heterocycles. The second kappa shape index (κ2) is 7.33. The minimum Gasteiger partial charge on any atom is -0.354 e. The van der Waals surface area contributed by atoms with Crippen molar-refractivity contribution < 1.29 is 13.2 Å². The lowest BCUT2D eigenvalue weighted by Crippen LogP contribution is -2.47. The van der Waals surface area contributed by atoms with E-state index in [0.717, 1.165) is 0 Å². The molecule has 0 aliphatic carbocycles. The van der Waals surface area contributed by atoms with Crippen LogP contribution in [0.2, 0.25) is 0 Å². The molecule has 0 radical (unpaired) electrons. The number of thioether (sulfide) groups is 1. The van der Waals surface area contributed by atoms with Gasteiger partial charge in [-0.15, -0.1) is 11.8 Å². The maximum Gasteiger partial charge on any atom is 0.245 e. The summed E-state index contributed by atoms with van der Waals surface area (Å²) in [6.07, 6.45) is 0. The van der Waals surface area contributed by atoms with Gasteiger partial charge < -0.3 is 5.32 Å². The van der Waals surface area contributed by atoms with E-state index >= 15 is 0 Å². The fourth-order valence-electron chi connectivity index (χ4n) is 2.07. The van der Waals surface area contributed by atoms with E-state index in [1.54, 1.807) is 24.3 Å². The van der Waals surface area contributed by atoms with Gasteiger partial charge in [-0.1, -0.05) is 26.0 Å².